The van der Waals surface area contributed by atoms with Gasteiger partial charge in [-0.25, -0.2) is 0 Å². The van der Waals surface area contributed by atoms with Crippen molar-refractivity contribution in [1.29, 1.82) is 0 Å². The van der Waals surface area contributed by atoms with Gasteiger partial charge in [-0.3, -0.25) is 0 Å². The molecule has 3 rings (SSSR count). The minimum atomic E-state index is -3.96. The number of hydrogen-bond acceptors (Lipinski definition) is 5. The summed E-state index contributed by atoms with van der Waals surface area (Å²) in [4.78, 5) is 0. The van der Waals surface area contributed by atoms with Crippen LogP contribution in [0.3, 0.4) is 0 Å². The van der Waals surface area contributed by atoms with Crippen molar-refractivity contribution in [1.82, 2.24) is 0 Å². The molecule has 0 saturated heterocycles. The zero-order chi connectivity index (χ0) is 19.0. The first kappa shape index (κ1) is 19.2. The molecule has 3 aromatic carbocycles. The summed E-state index contributed by atoms with van der Waals surface area (Å²) >= 11 is 1.33. The van der Waals surface area contributed by atoms with Gasteiger partial charge in [-0.05, 0) is 36.4 Å². The highest BCUT2D eigenvalue weighted by Crippen LogP contribution is 2.52. The zero-order valence-corrected chi connectivity index (χ0v) is 16.3. The number of benzene rings is 3. The molecule has 4 nitrogen and oxygen atoms in total. The Kier molecular flexibility index (Phi) is 6.64. The van der Waals surface area contributed by atoms with E-state index in [0.717, 1.165) is 5.56 Å². The average Bonchev–Trinajstić information content (AvgIpc) is 2.68. The standard InChI is InChI=1S/C21H19O4PS/c1-18(27-17-19-11-5-2-6-12-19)23-26(22,24-20-13-7-3-8-14-20)25-21-15-9-4-10-16-21/h2-16H,1,17H2. The van der Waals surface area contributed by atoms with E-state index in [9.17, 15) is 4.57 Å². The lowest BCUT2D eigenvalue weighted by Gasteiger charge is -2.20. The molecule has 0 aliphatic rings. The highest BCUT2D eigenvalue weighted by Gasteiger charge is 2.33. The average molecular weight is 398 g/mol. The van der Waals surface area contributed by atoms with E-state index in [1.54, 1.807) is 48.5 Å². The van der Waals surface area contributed by atoms with Gasteiger partial charge in [0.1, 0.15) is 11.5 Å². The first-order valence-electron chi connectivity index (χ1n) is 8.27. The zero-order valence-electron chi connectivity index (χ0n) is 14.6. The Bertz CT molecular complexity index is 856. The topological polar surface area (TPSA) is 44.8 Å². The molecule has 0 aliphatic heterocycles. The van der Waals surface area contributed by atoms with Crippen LogP contribution in [0.1, 0.15) is 5.56 Å². The largest absolute Gasteiger partial charge is 0.647 e. The molecule has 0 unspecified atom stereocenters. The van der Waals surface area contributed by atoms with Crippen LogP contribution >= 0.6 is 19.6 Å². The Hall–Kier alpha value is -2.62. The van der Waals surface area contributed by atoms with Crippen molar-refractivity contribution in [2.75, 3.05) is 0 Å². The van der Waals surface area contributed by atoms with Gasteiger partial charge in [0.15, 0.2) is 5.09 Å². The molecule has 0 radical (unpaired) electrons. The number of hydrogen-bond donors (Lipinski definition) is 0. The van der Waals surface area contributed by atoms with E-state index < -0.39 is 7.82 Å². The van der Waals surface area contributed by atoms with Crippen molar-refractivity contribution in [3.05, 3.63) is 108 Å². The predicted octanol–water partition coefficient (Wildman–Crippen LogP) is 6.67. The van der Waals surface area contributed by atoms with Crippen molar-refractivity contribution in [3.8, 4) is 11.5 Å². The second-order valence-corrected chi connectivity index (χ2v) is 7.97. The summed E-state index contributed by atoms with van der Waals surface area (Å²) in [6, 6.07) is 27.4. The van der Waals surface area contributed by atoms with Crippen molar-refractivity contribution < 1.29 is 18.1 Å². The second-order valence-electron chi connectivity index (χ2n) is 5.49. The quantitative estimate of drug-likeness (QED) is 0.297. The van der Waals surface area contributed by atoms with Crippen LogP contribution in [0.2, 0.25) is 0 Å². The lowest BCUT2D eigenvalue weighted by atomic mass is 10.2. The van der Waals surface area contributed by atoms with Crippen LogP contribution in [-0.2, 0) is 14.8 Å². The van der Waals surface area contributed by atoms with E-state index in [0.29, 0.717) is 17.3 Å². The van der Waals surface area contributed by atoms with Gasteiger partial charge in [-0.1, -0.05) is 78.5 Å². The van der Waals surface area contributed by atoms with Gasteiger partial charge in [0.05, 0.1) is 0 Å². The number of para-hydroxylation sites is 2. The van der Waals surface area contributed by atoms with Crippen LogP contribution in [0.5, 0.6) is 11.5 Å². The fourth-order valence-corrected chi connectivity index (χ4v) is 4.29. The van der Waals surface area contributed by atoms with E-state index in [1.165, 1.54) is 11.8 Å². The third kappa shape index (κ3) is 6.24. The summed E-state index contributed by atoms with van der Waals surface area (Å²) in [5.74, 6) is 1.41. The first-order valence-corrected chi connectivity index (χ1v) is 10.7. The Morgan fingerprint density at radius 3 is 1.70 bits per heavy atom. The Labute approximate surface area is 163 Å². The van der Waals surface area contributed by atoms with E-state index in [-0.39, 0.29) is 5.09 Å². The number of phosphoric ester groups is 1. The molecule has 0 heterocycles. The molecular formula is C21H19O4PS. The van der Waals surface area contributed by atoms with Crippen LogP contribution in [-0.4, -0.2) is 0 Å². The third-order valence-corrected chi connectivity index (χ3v) is 5.70. The maximum absolute atomic E-state index is 13.2. The highest BCUT2D eigenvalue weighted by atomic mass is 32.2. The minimum absolute atomic E-state index is 0.258. The summed E-state index contributed by atoms with van der Waals surface area (Å²) in [7, 11) is -3.96. The molecule has 0 saturated carbocycles. The number of phosphoric acid groups is 1. The van der Waals surface area contributed by atoms with Gasteiger partial charge in [0.25, 0.3) is 0 Å². The SMILES string of the molecule is C=C(OP(=O)(Oc1ccccc1)Oc1ccccc1)SCc1ccccc1. The molecular weight excluding hydrogens is 379 g/mol. The molecule has 3 aromatic rings. The van der Waals surface area contributed by atoms with Gasteiger partial charge >= 0.3 is 7.82 Å². The fraction of sp³-hybridized carbons (Fsp3) is 0.0476. The molecule has 0 bridgehead atoms. The second kappa shape index (κ2) is 9.36. The lowest BCUT2D eigenvalue weighted by Crippen LogP contribution is -2.04. The summed E-state index contributed by atoms with van der Waals surface area (Å²) in [5, 5.41) is 0.258. The van der Waals surface area contributed by atoms with Crippen LogP contribution < -0.4 is 9.05 Å². The van der Waals surface area contributed by atoms with Gasteiger partial charge in [0.2, 0.25) is 0 Å². The monoisotopic (exact) mass is 398 g/mol. The van der Waals surface area contributed by atoms with Gasteiger partial charge < -0.3 is 13.6 Å². The fourth-order valence-electron chi connectivity index (χ4n) is 2.17. The Balaban J connectivity index is 1.70. The molecule has 6 heteroatoms. The molecule has 0 spiro atoms. The molecule has 138 valence electrons. The molecule has 0 aliphatic carbocycles. The highest BCUT2D eigenvalue weighted by molar-refractivity contribution is 8.02. The summed E-state index contributed by atoms with van der Waals surface area (Å²) in [6.07, 6.45) is 0. The first-order chi connectivity index (χ1) is 13.1. The Morgan fingerprint density at radius 2 is 1.22 bits per heavy atom. The predicted molar refractivity (Wildman–Crippen MR) is 110 cm³/mol. The summed E-state index contributed by atoms with van der Waals surface area (Å²) in [6.45, 7) is 3.85. The van der Waals surface area contributed by atoms with Crippen molar-refractivity contribution in [2.45, 2.75) is 5.75 Å². The molecule has 0 amide bonds. The number of thioether (sulfide) groups is 1. The van der Waals surface area contributed by atoms with Crippen LogP contribution in [0.25, 0.3) is 0 Å². The van der Waals surface area contributed by atoms with Crippen LogP contribution in [0.4, 0.5) is 0 Å². The number of rotatable bonds is 9. The molecule has 27 heavy (non-hydrogen) atoms. The van der Waals surface area contributed by atoms with Crippen molar-refractivity contribution >= 4 is 19.6 Å². The van der Waals surface area contributed by atoms with Gasteiger partial charge in [0, 0.05) is 5.75 Å². The summed E-state index contributed by atoms with van der Waals surface area (Å²) in [5.41, 5.74) is 1.11. The molecule has 0 N–H and O–H groups in total. The minimum Gasteiger partial charge on any atom is -0.386 e. The van der Waals surface area contributed by atoms with Crippen molar-refractivity contribution in [2.24, 2.45) is 0 Å². The van der Waals surface area contributed by atoms with Gasteiger partial charge in [-0.15, -0.1) is 0 Å². The summed E-state index contributed by atoms with van der Waals surface area (Å²) < 4.78 is 29.9. The maximum Gasteiger partial charge on any atom is 0.647 e. The van der Waals surface area contributed by atoms with Gasteiger partial charge in [-0.2, -0.15) is 4.57 Å². The molecule has 0 aromatic heterocycles. The lowest BCUT2D eigenvalue weighted by molar-refractivity contribution is 0.269. The molecule has 0 atom stereocenters. The van der Waals surface area contributed by atoms with E-state index >= 15 is 0 Å². The third-order valence-electron chi connectivity index (χ3n) is 3.38. The van der Waals surface area contributed by atoms with E-state index in [1.807, 2.05) is 42.5 Å². The van der Waals surface area contributed by atoms with Crippen LogP contribution in [0, 0.1) is 0 Å². The maximum atomic E-state index is 13.2. The molecule has 0 fully saturated rings. The smallest absolute Gasteiger partial charge is 0.386 e. The van der Waals surface area contributed by atoms with E-state index in [4.69, 9.17) is 13.6 Å². The van der Waals surface area contributed by atoms with Crippen LogP contribution in [0.15, 0.2) is 103 Å². The normalized spacial score (nSPS) is 10.8. The van der Waals surface area contributed by atoms with E-state index in [2.05, 4.69) is 6.58 Å². The van der Waals surface area contributed by atoms with Crippen molar-refractivity contribution in [3.63, 3.8) is 0 Å². The Morgan fingerprint density at radius 1 is 0.778 bits per heavy atom.